The highest BCUT2D eigenvalue weighted by Crippen LogP contribution is 2.41. The lowest BCUT2D eigenvalue weighted by molar-refractivity contribution is -0.222. The fourth-order valence-corrected chi connectivity index (χ4v) is 4.23. The summed E-state index contributed by atoms with van der Waals surface area (Å²) >= 11 is 0. The molecule has 4 N–H and O–H groups in total. The number of hydrogen-bond donors (Lipinski definition) is 3. The average Bonchev–Trinajstić information content (AvgIpc) is 3.39. The summed E-state index contributed by atoms with van der Waals surface area (Å²) < 4.78 is 28.3. The van der Waals surface area contributed by atoms with Gasteiger partial charge in [-0.05, 0) is 12.1 Å². The summed E-state index contributed by atoms with van der Waals surface area (Å²) in [6.45, 7) is -0.754. The van der Waals surface area contributed by atoms with Crippen molar-refractivity contribution in [1.82, 2.24) is 29.5 Å². The molecule has 16 heteroatoms. The van der Waals surface area contributed by atoms with E-state index in [-0.39, 0.29) is 22.7 Å². The third-order valence-electron chi connectivity index (χ3n) is 5.25. The van der Waals surface area contributed by atoms with E-state index in [0.717, 1.165) is 6.20 Å². The second-order valence-electron chi connectivity index (χ2n) is 7.49. The summed E-state index contributed by atoms with van der Waals surface area (Å²) in [5.41, 5.74) is 6.76. The van der Waals surface area contributed by atoms with Gasteiger partial charge >= 0.3 is 13.8 Å². The second kappa shape index (κ2) is 8.88. The second-order valence-corrected chi connectivity index (χ2v) is 8.83. The van der Waals surface area contributed by atoms with Crippen molar-refractivity contribution in [1.29, 1.82) is 0 Å². The number of carbonyl (C=O) groups excluding carboxylic acids is 1. The number of anilines is 1. The van der Waals surface area contributed by atoms with E-state index in [1.54, 1.807) is 24.3 Å². The Morgan fingerprint density at radius 3 is 2.74 bits per heavy atom. The summed E-state index contributed by atoms with van der Waals surface area (Å²) in [5.74, 6) is -1.19. The van der Waals surface area contributed by atoms with Crippen LogP contribution in [0.4, 0.5) is 5.82 Å². The van der Waals surface area contributed by atoms with Crippen LogP contribution in [0.5, 0.6) is 0 Å². The number of rotatable bonds is 6. The van der Waals surface area contributed by atoms with E-state index in [1.807, 2.05) is 0 Å². The number of fused-ring (bicyclic) bond motifs is 2. The molecule has 0 amide bonds. The molecular formula is C19H17N7O8P-. The summed E-state index contributed by atoms with van der Waals surface area (Å²) in [4.78, 5) is 44.4. The average molecular weight is 502 g/mol. The van der Waals surface area contributed by atoms with E-state index < -0.39 is 44.9 Å². The fourth-order valence-electron chi connectivity index (χ4n) is 3.55. The van der Waals surface area contributed by atoms with Crippen molar-refractivity contribution in [2.45, 2.75) is 24.5 Å². The minimum absolute atomic E-state index is 0.104. The van der Waals surface area contributed by atoms with Gasteiger partial charge in [-0.1, -0.05) is 12.1 Å². The van der Waals surface area contributed by atoms with Gasteiger partial charge in [-0.2, -0.15) is 0 Å². The number of nitrogens with two attached hydrogens (primary N) is 1. The molecule has 182 valence electrons. The predicted octanol–water partition coefficient (Wildman–Crippen LogP) is -0.687. The Bertz CT molecular complexity index is 1470. The maximum atomic E-state index is 12.2. The van der Waals surface area contributed by atoms with Gasteiger partial charge in [0, 0.05) is 0 Å². The molecule has 1 aliphatic heterocycles. The van der Waals surface area contributed by atoms with Gasteiger partial charge in [0.2, 0.25) is 0 Å². The SMILES string of the molecule is Nc1ncnc2c1ncn2[C@@H]1O[C@H](COP(=O)([O-])OC(=O)c2cnc3ccccc3n2)[C@@H](O)[C@H]1O. The highest BCUT2D eigenvalue weighted by Gasteiger charge is 2.45. The van der Waals surface area contributed by atoms with Crippen molar-refractivity contribution in [3.8, 4) is 0 Å². The number of carbonyl (C=O) groups is 1. The first-order chi connectivity index (χ1) is 16.7. The van der Waals surface area contributed by atoms with Crippen LogP contribution in [0.3, 0.4) is 0 Å². The molecule has 4 aromatic rings. The Morgan fingerprint density at radius 1 is 1.17 bits per heavy atom. The smallest absolute Gasteiger partial charge is 0.364 e. The van der Waals surface area contributed by atoms with Crippen LogP contribution in [0.2, 0.25) is 0 Å². The molecule has 1 fully saturated rings. The monoisotopic (exact) mass is 502 g/mol. The maximum absolute atomic E-state index is 12.2. The molecule has 1 unspecified atom stereocenters. The van der Waals surface area contributed by atoms with E-state index in [4.69, 9.17) is 15.0 Å². The van der Waals surface area contributed by atoms with Crippen LogP contribution in [0.25, 0.3) is 22.2 Å². The van der Waals surface area contributed by atoms with Crippen molar-refractivity contribution in [2.75, 3.05) is 12.3 Å². The van der Waals surface area contributed by atoms with Crippen LogP contribution < -0.4 is 10.6 Å². The van der Waals surface area contributed by atoms with E-state index in [1.165, 1.54) is 17.2 Å². The highest BCUT2D eigenvalue weighted by atomic mass is 31.2. The van der Waals surface area contributed by atoms with Crippen molar-refractivity contribution in [3.63, 3.8) is 0 Å². The summed E-state index contributed by atoms with van der Waals surface area (Å²) in [5, 5.41) is 20.8. The van der Waals surface area contributed by atoms with Crippen molar-refractivity contribution in [2.24, 2.45) is 0 Å². The normalized spacial score (nSPS) is 24.0. The molecule has 0 spiro atoms. The van der Waals surface area contributed by atoms with Crippen molar-refractivity contribution >= 4 is 41.8 Å². The van der Waals surface area contributed by atoms with Gasteiger partial charge in [-0.25, -0.2) is 24.7 Å². The number of benzene rings is 1. The number of nitrogens with zero attached hydrogens (tertiary/aromatic N) is 6. The number of aromatic nitrogens is 6. The van der Waals surface area contributed by atoms with Gasteiger partial charge in [0.25, 0.3) is 0 Å². The molecule has 15 nitrogen and oxygen atoms in total. The Labute approximate surface area is 195 Å². The third kappa shape index (κ3) is 4.43. The van der Waals surface area contributed by atoms with Crippen LogP contribution >= 0.6 is 7.82 Å². The zero-order valence-electron chi connectivity index (χ0n) is 17.6. The van der Waals surface area contributed by atoms with Crippen LogP contribution in [-0.2, 0) is 18.3 Å². The van der Waals surface area contributed by atoms with E-state index in [0.29, 0.717) is 11.0 Å². The van der Waals surface area contributed by atoms with Crippen molar-refractivity contribution in [3.05, 3.63) is 48.8 Å². The van der Waals surface area contributed by atoms with Gasteiger partial charge in [0.1, 0.15) is 30.2 Å². The molecule has 1 aliphatic rings. The summed E-state index contributed by atoms with van der Waals surface area (Å²) in [6.07, 6.45) is -1.97. The first kappa shape index (κ1) is 23.2. The van der Waals surface area contributed by atoms with E-state index in [9.17, 15) is 24.5 Å². The minimum atomic E-state index is -5.20. The number of hydrogen-bond acceptors (Lipinski definition) is 14. The van der Waals surface area contributed by atoms with Crippen LogP contribution in [0, 0.1) is 0 Å². The van der Waals surface area contributed by atoms with Gasteiger partial charge < -0.3 is 34.6 Å². The predicted molar refractivity (Wildman–Crippen MR) is 114 cm³/mol. The molecule has 3 aromatic heterocycles. The number of nitrogen functional groups attached to an aromatic ring is 1. The lowest BCUT2D eigenvalue weighted by Gasteiger charge is -2.24. The Morgan fingerprint density at radius 2 is 1.94 bits per heavy atom. The summed E-state index contributed by atoms with van der Waals surface area (Å²) in [6, 6.07) is 6.67. The number of aliphatic hydroxyl groups excluding tert-OH is 2. The van der Waals surface area contributed by atoms with Crippen LogP contribution in [0.15, 0.2) is 43.1 Å². The maximum Gasteiger partial charge on any atom is 0.364 e. The minimum Gasteiger partial charge on any atom is -0.746 e. The highest BCUT2D eigenvalue weighted by molar-refractivity contribution is 7.46. The lowest BCUT2D eigenvalue weighted by Crippen LogP contribution is -2.34. The topological polar surface area (TPSA) is 221 Å². The van der Waals surface area contributed by atoms with Crippen LogP contribution in [0.1, 0.15) is 16.7 Å². The molecule has 1 saturated heterocycles. The quantitative estimate of drug-likeness (QED) is 0.278. The number of phosphoric ester groups is 1. The van der Waals surface area contributed by atoms with E-state index in [2.05, 4.69) is 29.4 Å². The molecule has 5 atom stereocenters. The molecule has 5 rings (SSSR count). The standard InChI is InChI=1S/C19H18N7O8P/c20-16-13-17(23-7-22-16)26(8-24-13)18-15(28)14(27)12(33-18)6-32-35(30,31)34-19(29)11-5-21-9-3-1-2-4-10(9)25-11/h1-5,7-8,12,14-15,18,27-28H,6H2,(H,30,31)(H2,20,22,23)/p-1/t12-,14-,15-,18-/m1/s1. The molecule has 1 aromatic carbocycles. The molecule has 0 aliphatic carbocycles. The fraction of sp³-hybridized carbons (Fsp3) is 0.263. The largest absolute Gasteiger partial charge is 0.746 e. The Balaban J connectivity index is 1.25. The zero-order valence-corrected chi connectivity index (χ0v) is 18.5. The molecular weight excluding hydrogens is 485 g/mol. The van der Waals surface area contributed by atoms with E-state index >= 15 is 0 Å². The van der Waals surface area contributed by atoms with Gasteiger partial charge in [-0.3, -0.25) is 14.1 Å². The van der Waals surface area contributed by atoms with Gasteiger partial charge in [0.05, 0.1) is 30.2 Å². The number of aliphatic hydroxyl groups is 2. The van der Waals surface area contributed by atoms with Gasteiger partial charge in [0.15, 0.2) is 23.4 Å². The molecule has 0 radical (unpaired) electrons. The van der Waals surface area contributed by atoms with Crippen LogP contribution in [-0.4, -0.2) is 70.6 Å². The Hall–Kier alpha value is -3.59. The zero-order chi connectivity index (χ0) is 24.7. The molecule has 35 heavy (non-hydrogen) atoms. The third-order valence-corrected chi connectivity index (χ3v) is 6.10. The Kier molecular flexibility index (Phi) is 5.88. The molecule has 0 saturated carbocycles. The number of phosphoric acid groups is 1. The van der Waals surface area contributed by atoms with Crippen molar-refractivity contribution < 1.29 is 38.3 Å². The number of ether oxygens (including phenoxy) is 1. The molecule has 4 heterocycles. The first-order valence-electron chi connectivity index (χ1n) is 10.1. The lowest BCUT2D eigenvalue weighted by atomic mass is 10.1. The summed E-state index contributed by atoms with van der Waals surface area (Å²) in [7, 11) is -5.20. The number of para-hydroxylation sites is 2. The molecule has 0 bridgehead atoms. The number of imidazole rings is 1. The first-order valence-corrected chi connectivity index (χ1v) is 11.6. The van der Waals surface area contributed by atoms with Gasteiger partial charge in [-0.15, -0.1) is 0 Å².